The summed E-state index contributed by atoms with van der Waals surface area (Å²) in [6.45, 7) is 8.60. The summed E-state index contributed by atoms with van der Waals surface area (Å²) >= 11 is 1.36. The number of carbonyl (C=O) groups is 1. The molecule has 1 fully saturated rings. The van der Waals surface area contributed by atoms with Crippen LogP contribution >= 0.6 is 11.8 Å². The van der Waals surface area contributed by atoms with E-state index in [1.54, 1.807) is 24.3 Å². The van der Waals surface area contributed by atoms with Crippen molar-refractivity contribution in [2.45, 2.75) is 45.4 Å². The predicted octanol–water partition coefficient (Wildman–Crippen LogP) is 2.86. The number of amides is 1. The maximum Gasteiger partial charge on any atom is 0.233 e. The van der Waals surface area contributed by atoms with E-state index in [0.29, 0.717) is 40.8 Å². The summed E-state index contributed by atoms with van der Waals surface area (Å²) in [5.74, 6) is 1.99. The molecule has 31 heavy (non-hydrogen) atoms. The Balaban J connectivity index is 1.72. The normalized spacial score (nSPS) is 19.4. The Morgan fingerprint density at radius 2 is 1.81 bits per heavy atom. The quantitative estimate of drug-likeness (QED) is 0.557. The Morgan fingerprint density at radius 1 is 1.16 bits per heavy atom. The van der Waals surface area contributed by atoms with Crippen molar-refractivity contribution in [2.24, 2.45) is 11.8 Å². The molecule has 0 radical (unpaired) electrons. The fourth-order valence-corrected chi connectivity index (χ4v) is 5.85. The number of anilines is 1. The summed E-state index contributed by atoms with van der Waals surface area (Å²) < 4.78 is 28.0. The van der Waals surface area contributed by atoms with E-state index < -0.39 is 10.0 Å². The minimum Gasteiger partial charge on any atom is -0.341 e. The zero-order valence-electron chi connectivity index (χ0n) is 18.6. The molecule has 1 aromatic heterocycles. The van der Waals surface area contributed by atoms with Crippen LogP contribution in [0.2, 0.25) is 0 Å². The van der Waals surface area contributed by atoms with Gasteiger partial charge in [-0.05, 0) is 37.3 Å². The van der Waals surface area contributed by atoms with Gasteiger partial charge in [0.1, 0.15) is 0 Å². The first kappa shape index (κ1) is 23.6. The van der Waals surface area contributed by atoms with Gasteiger partial charge in [0.25, 0.3) is 0 Å². The molecule has 1 saturated heterocycles. The minimum atomic E-state index is -3.50. The SMILES string of the molecule is CCn1c(CN(c2ccccc2)S(C)(=O)=O)nnc1SCC(=O)N1C[C@H](C)C[C@H](C)C1. The average molecular weight is 466 g/mol. The van der Waals surface area contributed by atoms with Crippen molar-refractivity contribution in [1.29, 1.82) is 0 Å². The largest absolute Gasteiger partial charge is 0.341 e. The van der Waals surface area contributed by atoms with Gasteiger partial charge in [0.15, 0.2) is 11.0 Å². The molecule has 2 aromatic rings. The van der Waals surface area contributed by atoms with Crippen LogP contribution in [-0.4, -0.2) is 59.1 Å². The van der Waals surface area contributed by atoms with E-state index in [0.717, 1.165) is 19.5 Å². The number of hydrogen-bond donors (Lipinski definition) is 0. The summed E-state index contributed by atoms with van der Waals surface area (Å²) in [6, 6.07) is 8.94. The maximum absolute atomic E-state index is 12.7. The van der Waals surface area contributed by atoms with Crippen LogP contribution in [0, 0.1) is 11.8 Å². The number of piperidine rings is 1. The molecule has 1 amide bonds. The van der Waals surface area contributed by atoms with E-state index in [-0.39, 0.29) is 12.5 Å². The topological polar surface area (TPSA) is 88.4 Å². The van der Waals surface area contributed by atoms with Crippen molar-refractivity contribution in [3.8, 4) is 0 Å². The number of benzene rings is 1. The second kappa shape index (κ2) is 10.0. The van der Waals surface area contributed by atoms with Gasteiger partial charge in [0.05, 0.1) is 24.2 Å². The lowest BCUT2D eigenvalue weighted by molar-refractivity contribution is -0.130. The van der Waals surface area contributed by atoms with Crippen LogP contribution in [0.1, 0.15) is 33.0 Å². The molecule has 0 unspecified atom stereocenters. The van der Waals surface area contributed by atoms with Gasteiger partial charge in [-0.2, -0.15) is 0 Å². The Bertz CT molecular complexity index is 984. The van der Waals surface area contributed by atoms with Crippen LogP contribution in [-0.2, 0) is 27.9 Å². The van der Waals surface area contributed by atoms with Gasteiger partial charge in [-0.15, -0.1) is 10.2 Å². The lowest BCUT2D eigenvalue weighted by Gasteiger charge is -2.34. The maximum atomic E-state index is 12.7. The molecule has 1 aliphatic heterocycles. The van der Waals surface area contributed by atoms with E-state index in [4.69, 9.17) is 0 Å². The standard InChI is InChI=1S/C21H31N5O3S2/c1-5-25-19(14-26(31(4,28)29)18-9-7-6-8-10-18)22-23-21(25)30-15-20(27)24-12-16(2)11-17(3)13-24/h6-10,16-17H,5,11-15H2,1-4H3/t16-,17+. The molecule has 0 N–H and O–H groups in total. The number of rotatable bonds is 8. The van der Waals surface area contributed by atoms with Gasteiger partial charge in [-0.1, -0.05) is 43.8 Å². The van der Waals surface area contributed by atoms with E-state index in [9.17, 15) is 13.2 Å². The molecule has 0 spiro atoms. The van der Waals surface area contributed by atoms with Crippen molar-refractivity contribution in [2.75, 3.05) is 29.4 Å². The number of thioether (sulfide) groups is 1. The van der Waals surface area contributed by atoms with Gasteiger partial charge >= 0.3 is 0 Å². The van der Waals surface area contributed by atoms with Gasteiger partial charge in [-0.3, -0.25) is 9.10 Å². The molecule has 0 saturated carbocycles. The summed E-state index contributed by atoms with van der Waals surface area (Å²) in [6.07, 6.45) is 2.34. The first-order valence-electron chi connectivity index (χ1n) is 10.5. The zero-order valence-corrected chi connectivity index (χ0v) is 20.2. The second-order valence-electron chi connectivity index (χ2n) is 8.28. The lowest BCUT2D eigenvalue weighted by Crippen LogP contribution is -2.43. The molecule has 2 heterocycles. The van der Waals surface area contributed by atoms with Crippen molar-refractivity contribution >= 4 is 33.4 Å². The van der Waals surface area contributed by atoms with Crippen LogP contribution in [0.5, 0.6) is 0 Å². The molecular weight excluding hydrogens is 434 g/mol. The number of nitrogens with zero attached hydrogens (tertiary/aromatic N) is 5. The van der Waals surface area contributed by atoms with Crippen molar-refractivity contribution < 1.29 is 13.2 Å². The highest BCUT2D eigenvalue weighted by Gasteiger charge is 2.26. The Morgan fingerprint density at radius 3 is 2.39 bits per heavy atom. The molecule has 0 bridgehead atoms. The number of sulfonamides is 1. The fraction of sp³-hybridized carbons (Fsp3) is 0.571. The van der Waals surface area contributed by atoms with Crippen LogP contribution in [0.3, 0.4) is 0 Å². The van der Waals surface area contributed by atoms with E-state index in [1.807, 2.05) is 22.5 Å². The first-order chi connectivity index (χ1) is 14.7. The molecule has 2 atom stereocenters. The van der Waals surface area contributed by atoms with Crippen LogP contribution in [0.15, 0.2) is 35.5 Å². The van der Waals surface area contributed by atoms with Crippen LogP contribution in [0.25, 0.3) is 0 Å². The van der Waals surface area contributed by atoms with Crippen molar-refractivity contribution in [3.05, 3.63) is 36.2 Å². The predicted molar refractivity (Wildman–Crippen MR) is 123 cm³/mol. The van der Waals surface area contributed by atoms with Gasteiger partial charge in [0.2, 0.25) is 15.9 Å². The molecule has 0 aliphatic carbocycles. The number of likely N-dealkylation sites (tertiary alicyclic amines) is 1. The minimum absolute atomic E-state index is 0.0827. The molecule has 8 nitrogen and oxygen atoms in total. The van der Waals surface area contributed by atoms with E-state index >= 15 is 0 Å². The molecule has 3 rings (SSSR count). The number of hydrogen-bond acceptors (Lipinski definition) is 6. The zero-order chi connectivity index (χ0) is 22.6. The number of para-hydroxylation sites is 1. The molecule has 1 aliphatic rings. The van der Waals surface area contributed by atoms with Crippen LogP contribution < -0.4 is 4.31 Å². The summed E-state index contributed by atoms with van der Waals surface area (Å²) in [5, 5.41) is 9.12. The Hall–Kier alpha value is -2.07. The fourth-order valence-electron chi connectivity index (χ4n) is 4.07. The molecule has 1 aromatic carbocycles. The number of carbonyl (C=O) groups excluding carboxylic acids is 1. The third kappa shape index (κ3) is 6.00. The third-order valence-corrected chi connectivity index (χ3v) is 7.48. The molecule has 10 heteroatoms. The smallest absolute Gasteiger partial charge is 0.233 e. The summed E-state index contributed by atoms with van der Waals surface area (Å²) in [5.41, 5.74) is 0.577. The third-order valence-electron chi connectivity index (χ3n) is 5.39. The highest BCUT2D eigenvalue weighted by atomic mass is 32.2. The monoisotopic (exact) mass is 465 g/mol. The van der Waals surface area contributed by atoms with Gasteiger partial charge < -0.3 is 9.47 Å². The average Bonchev–Trinajstić information content (AvgIpc) is 3.10. The second-order valence-corrected chi connectivity index (χ2v) is 11.1. The highest BCUT2D eigenvalue weighted by molar-refractivity contribution is 7.99. The van der Waals surface area contributed by atoms with Crippen molar-refractivity contribution in [3.63, 3.8) is 0 Å². The van der Waals surface area contributed by atoms with E-state index in [2.05, 4.69) is 24.0 Å². The Labute approximate surface area is 189 Å². The summed E-state index contributed by atoms with van der Waals surface area (Å²) in [7, 11) is -3.50. The molecular formula is C21H31N5O3S2. The number of aromatic nitrogens is 3. The van der Waals surface area contributed by atoms with Gasteiger partial charge in [-0.25, -0.2) is 8.42 Å². The first-order valence-corrected chi connectivity index (χ1v) is 13.4. The van der Waals surface area contributed by atoms with Crippen LogP contribution in [0.4, 0.5) is 5.69 Å². The molecule has 170 valence electrons. The van der Waals surface area contributed by atoms with Gasteiger partial charge in [0, 0.05) is 19.6 Å². The highest BCUT2D eigenvalue weighted by Crippen LogP contribution is 2.25. The summed E-state index contributed by atoms with van der Waals surface area (Å²) in [4.78, 5) is 14.7. The lowest BCUT2D eigenvalue weighted by atomic mass is 9.92. The van der Waals surface area contributed by atoms with Crippen molar-refractivity contribution in [1.82, 2.24) is 19.7 Å². The van der Waals surface area contributed by atoms with E-state index in [1.165, 1.54) is 22.3 Å². The Kier molecular flexibility index (Phi) is 7.64.